The molecular weight excluding hydrogens is 467 g/mol. The van der Waals surface area contributed by atoms with Crippen LogP contribution in [-0.4, -0.2) is 68.5 Å². The van der Waals surface area contributed by atoms with Crippen LogP contribution in [-0.2, 0) is 18.4 Å². The number of phosphoric acid groups is 1. The van der Waals surface area contributed by atoms with E-state index in [0.717, 1.165) is 51.4 Å². The standard InChI is InChI=1S/C26H49N2O6P/c1-6-8-10-12-13-14-15-16-17-19-25(29)24(27-26(30)20-18-11-9-7-2)23-34-35(31,32)33-22-21-28(3,4)5/h6,8,13-14,17,19,24-25,29H,7,9-12,15-16,18,20-23H2,1-5H3,(H-,27,30,31,32)/b8-6+,14-13+,19-17+. The second-order valence-electron chi connectivity index (χ2n) is 9.69. The summed E-state index contributed by atoms with van der Waals surface area (Å²) in [6, 6.07) is -0.898. The van der Waals surface area contributed by atoms with Gasteiger partial charge in [-0.2, -0.15) is 0 Å². The van der Waals surface area contributed by atoms with Crippen LogP contribution in [0.5, 0.6) is 0 Å². The topological polar surface area (TPSA) is 108 Å². The summed E-state index contributed by atoms with van der Waals surface area (Å²) >= 11 is 0. The highest BCUT2D eigenvalue weighted by Gasteiger charge is 2.23. The first-order valence-electron chi connectivity index (χ1n) is 12.8. The third-order valence-electron chi connectivity index (χ3n) is 5.18. The quantitative estimate of drug-likeness (QED) is 0.102. The van der Waals surface area contributed by atoms with E-state index >= 15 is 0 Å². The number of hydrogen-bond donors (Lipinski definition) is 2. The minimum atomic E-state index is -4.56. The Balaban J connectivity index is 4.82. The molecule has 204 valence electrons. The van der Waals surface area contributed by atoms with Crippen LogP contribution >= 0.6 is 7.82 Å². The van der Waals surface area contributed by atoms with E-state index in [2.05, 4.69) is 30.5 Å². The summed E-state index contributed by atoms with van der Waals surface area (Å²) in [6.45, 7) is 4.18. The molecule has 8 nitrogen and oxygen atoms in total. The van der Waals surface area contributed by atoms with Gasteiger partial charge in [-0.3, -0.25) is 9.36 Å². The van der Waals surface area contributed by atoms with Crippen molar-refractivity contribution in [1.29, 1.82) is 0 Å². The molecule has 0 heterocycles. The Morgan fingerprint density at radius 3 is 2.26 bits per heavy atom. The molecule has 3 atom stereocenters. The smallest absolute Gasteiger partial charge is 0.268 e. The molecule has 0 fully saturated rings. The second-order valence-corrected chi connectivity index (χ2v) is 11.1. The number of nitrogens with one attached hydrogen (secondary N) is 1. The number of amides is 1. The SMILES string of the molecule is C/C=C/CC/C=C/CC/C=C/C(O)C(COP(=O)([O-])OCC[N+](C)(C)C)NC(=O)CCCCCC. The maximum Gasteiger partial charge on any atom is 0.268 e. The van der Waals surface area contributed by atoms with Gasteiger partial charge in [0.1, 0.15) is 13.2 Å². The van der Waals surface area contributed by atoms with E-state index in [9.17, 15) is 19.4 Å². The Bertz CT molecular complexity index is 688. The molecule has 0 aliphatic heterocycles. The van der Waals surface area contributed by atoms with Crippen molar-refractivity contribution in [3.8, 4) is 0 Å². The summed E-state index contributed by atoms with van der Waals surface area (Å²) in [5.74, 6) is -0.238. The fourth-order valence-corrected chi connectivity index (χ4v) is 3.73. The van der Waals surface area contributed by atoms with Crippen molar-refractivity contribution in [3.05, 3.63) is 36.5 Å². The van der Waals surface area contributed by atoms with Gasteiger partial charge >= 0.3 is 0 Å². The molecule has 0 aromatic carbocycles. The highest BCUT2D eigenvalue weighted by atomic mass is 31.2. The van der Waals surface area contributed by atoms with Crippen molar-refractivity contribution in [3.63, 3.8) is 0 Å². The zero-order valence-corrected chi connectivity index (χ0v) is 23.4. The van der Waals surface area contributed by atoms with Gasteiger partial charge in [0, 0.05) is 6.42 Å². The maximum absolute atomic E-state index is 12.4. The zero-order valence-electron chi connectivity index (χ0n) is 22.5. The molecule has 0 aliphatic rings. The number of hydrogen-bond acceptors (Lipinski definition) is 6. The maximum atomic E-state index is 12.4. The molecule has 0 aromatic rings. The molecular formula is C26H49N2O6P. The predicted octanol–water partition coefficient (Wildman–Crippen LogP) is 4.26. The van der Waals surface area contributed by atoms with Crippen molar-refractivity contribution in [2.75, 3.05) is 40.9 Å². The Hall–Kier alpha value is -1.28. The minimum absolute atomic E-state index is 0.0105. The van der Waals surface area contributed by atoms with Crippen molar-refractivity contribution < 1.29 is 32.9 Å². The van der Waals surface area contributed by atoms with Gasteiger partial charge in [0.2, 0.25) is 5.91 Å². The Kier molecular flexibility index (Phi) is 19.1. The molecule has 0 aliphatic carbocycles. The summed E-state index contributed by atoms with van der Waals surface area (Å²) in [5.41, 5.74) is 0. The highest BCUT2D eigenvalue weighted by Crippen LogP contribution is 2.38. The molecule has 0 saturated heterocycles. The lowest BCUT2D eigenvalue weighted by atomic mass is 10.1. The van der Waals surface area contributed by atoms with Crippen LogP contribution in [0.2, 0.25) is 0 Å². The van der Waals surface area contributed by atoms with Gasteiger partial charge in [-0.1, -0.05) is 62.6 Å². The molecule has 0 bridgehead atoms. The van der Waals surface area contributed by atoms with Crippen molar-refractivity contribution in [2.45, 2.75) is 83.8 Å². The second kappa shape index (κ2) is 19.9. The number of aliphatic hydroxyl groups excluding tert-OH is 1. The molecule has 3 unspecified atom stereocenters. The van der Waals surface area contributed by atoms with Crippen LogP contribution < -0.4 is 10.2 Å². The molecule has 9 heteroatoms. The molecule has 0 spiro atoms. The first kappa shape index (κ1) is 33.7. The molecule has 2 N–H and O–H groups in total. The van der Waals surface area contributed by atoms with Gasteiger partial charge in [0.05, 0.1) is 39.9 Å². The first-order chi connectivity index (χ1) is 16.5. The molecule has 35 heavy (non-hydrogen) atoms. The van der Waals surface area contributed by atoms with Crippen LogP contribution in [0.15, 0.2) is 36.5 Å². The number of likely N-dealkylation sites (N-methyl/N-ethyl adjacent to an activating group) is 1. The van der Waals surface area contributed by atoms with Crippen LogP contribution in [0, 0.1) is 0 Å². The Morgan fingerprint density at radius 1 is 1.03 bits per heavy atom. The third kappa shape index (κ3) is 21.7. The average molecular weight is 517 g/mol. The van der Waals surface area contributed by atoms with Gasteiger partial charge in [-0.05, 0) is 39.0 Å². The number of unbranched alkanes of at least 4 members (excludes halogenated alkanes) is 5. The lowest BCUT2D eigenvalue weighted by Gasteiger charge is -2.29. The van der Waals surface area contributed by atoms with Gasteiger partial charge in [-0.15, -0.1) is 0 Å². The fourth-order valence-electron chi connectivity index (χ4n) is 3.01. The van der Waals surface area contributed by atoms with E-state index in [1.807, 2.05) is 40.2 Å². The summed E-state index contributed by atoms with van der Waals surface area (Å²) in [7, 11) is 1.22. The zero-order chi connectivity index (χ0) is 26.6. The number of quaternary nitrogens is 1. The van der Waals surface area contributed by atoms with Crippen LogP contribution in [0.3, 0.4) is 0 Å². The van der Waals surface area contributed by atoms with Crippen LogP contribution in [0.25, 0.3) is 0 Å². The average Bonchev–Trinajstić information content (AvgIpc) is 2.77. The van der Waals surface area contributed by atoms with Crippen LogP contribution in [0.1, 0.15) is 71.6 Å². The lowest BCUT2D eigenvalue weighted by Crippen LogP contribution is -2.45. The van der Waals surface area contributed by atoms with Gasteiger partial charge in [0.25, 0.3) is 7.82 Å². The first-order valence-corrected chi connectivity index (χ1v) is 14.3. The van der Waals surface area contributed by atoms with Crippen molar-refractivity contribution in [1.82, 2.24) is 5.32 Å². The van der Waals surface area contributed by atoms with E-state index in [1.54, 1.807) is 6.08 Å². The Morgan fingerprint density at radius 2 is 1.66 bits per heavy atom. The summed E-state index contributed by atoms with van der Waals surface area (Å²) < 4.78 is 22.6. The largest absolute Gasteiger partial charge is 0.756 e. The van der Waals surface area contributed by atoms with E-state index in [-0.39, 0.29) is 12.5 Å². The van der Waals surface area contributed by atoms with Crippen molar-refractivity contribution >= 4 is 13.7 Å². The Labute approximate surface area is 213 Å². The van der Waals surface area contributed by atoms with Crippen molar-refractivity contribution in [2.24, 2.45) is 0 Å². The molecule has 1 amide bonds. The van der Waals surface area contributed by atoms with Gasteiger partial charge in [-0.25, -0.2) is 0 Å². The van der Waals surface area contributed by atoms with E-state index < -0.39 is 26.6 Å². The normalized spacial score (nSPS) is 16.2. The summed E-state index contributed by atoms with van der Waals surface area (Å²) in [6.07, 6.45) is 18.4. The fraction of sp³-hybridized carbons (Fsp3) is 0.731. The molecule has 0 saturated carbocycles. The predicted molar refractivity (Wildman–Crippen MR) is 141 cm³/mol. The minimum Gasteiger partial charge on any atom is -0.756 e. The van der Waals surface area contributed by atoms with E-state index in [1.165, 1.54) is 0 Å². The van der Waals surface area contributed by atoms with E-state index in [0.29, 0.717) is 17.4 Å². The van der Waals surface area contributed by atoms with Gasteiger partial charge < -0.3 is 28.8 Å². The lowest BCUT2D eigenvalue weighted by molar-refractivity contribution is -0.870. The molecule has 0 rings (SSSR count). The number of allylic oxidation sites excluding steroid dienone is 5. The third-order valence-corrected chi connectivity index (χ3v) is 6.14. The number of rotatable bonds is 21. The number of carbonyl (C=O) groups is 1. The summed E-state index contributed by atoms with van der Waals surface area (Å²) in [4.78, 5) is 24.5. The van der Waals surface area contributed by atoms with Gasteiger partial charge in [0.15, 0.2) is 0 Å². The molecule has 0 aromatic heterocycles. The number of aliphatic hydroxyl groups is 1. The highest BCUT2D eigenvalue weighted by molar-refractivity contribution is 7.45. The van der Waals surface area contributed by atoms with Crippen LogP contribution in [0.4, 0.5) is 0 Å². The van der Waals surface area contributed by atoms with E-state index in [4.69, 9.17) is 9.05 Å². The molecule has 0 radical (unpaired) electrons. The number of carbonyl (C=O) groups excluding carboxylic acids is 1. The summed E-state index contributed by atoms with van der Waals surface area (Å²) in [5, 5.41) is 13.3. The monoisotopic (exact) mass is 516 g/mol. The number of nitrogens with zero attached hydrogens (tertiary/aromatic N) is 1. The number of phosphoric ester groups is 1.